The van der Waals surface area contributed by atoms with E-state index in [1.54, 1.807) is 0 Å². The van der Waals surface area contributed by atoms with Gasteiger partial charge in [0.2, 0.25) is 0 Å². The quantitative estimate of drug-likeness (QED) is 0.103. The largest absolute Gasteiger partial charge is 0.550 e. The molecule has 0 heterocycles. The van der Waals surface area contributed by atoms with Gasteiger partial charge in [-0.3, -0.25) is 24.0 Å². The number of hydrogen-bond donors (Lipinski definition) is 6. The van der Waals surface area contributed by atoms with Crippen molar-refractivity contribution < 1.29 is 78.5 Å². The molecule has 0 atom stereocenters. The van der Waals surface area contributed by atoms with Gasteiger partial charge in [-0.05, 0) is 6.42 Å². The number of aliphatic carboxylic acids is 6. The van der Waals surface area contributed by atoms with Gasteiger partial charge in [-0.25, -0.2) is 4.79 Å². The maximum absolute atomic E-state index is 10.9. The first-order valence-electron chi connectivity index (χ1n) is 9.70. The smallest absolute Gasteiger partial charge is 0.336 e. The summed E-state index contributed by atoms with van der Waals surface area (Å²) >= 11 is 0. The van der Waals surface area contributed by atoms with Gasteiger partial charge in [-0.1, -0.05) is 0 Å². The molecule has 0 unspecified atom stereocenters. The molecule has 16 nitrogen and oxygen atoms in total. The van der Waals surface area contributed by atoms with Gasteiger partial charge in [0, 0.05) is 5.97 Å². The van der Waals surface area contributed by atoms with E-state index in [2.05, 4.69) is 0 Å². The number of carboxylic acid groups (broad SMARTS) is 6. The predicted molar refractivity (Wildman–Crippen MR) is 110 cm³/mol. The summed E-state index contributed by atoms with van der Waals surface area (Å²) in [6.45, 7) is 1.02. The molecule has 0 aliphatic carbocycles. The molecule has 0 aliphatic heterocycles. The van der Waals surface area contributed by atoms with E-state index in [4.69, 9.17) is 35.4 Å². The van der Waals surface area contributed by atoms with Crippen LogP contribution in [0.1, 0.15) is 38.5 Å². The van der Waals surface area contributed by atoms with Gasteiger partial charge in [0.1, 0.15) is 13.2 Å². The van der Waals surface area contributed by atoms with E-state index >= 15 is 0 Å². The van der Waals surface area contributed by atoms with Crippen LogP contribution in [0.4, 0.5) is 0 Å². The normalized spacial score (nSPS) is 10.4. The molecule has 0 saturated carbocycles. The van der Waals surface area contributed by atoms with Crippen molar-refractivity contribution >= 4 is 41.8 Å². The van der Waals surface area contributed by atoms with Crippen LogP contribution in [0.2, 0.25) is 0 Å². The highest BCUT2D eigenvalue weighted by Crippen LogP contribution is 2.15. The van der Waals surface area contributed by atoms with Crippen molar-refractivity contribution in [2.24, 2.45) is 0 Å². The van der Waals surface area contributed by atoms with E-state index in [1.165, 1.54) is 0 Å². The zero-order valence-electron chi connectivity index (χ0n) is 19.5. The van der Waals surface area contributed by atoms with E-state index in [9.17, 15) is 38.7 Å². The molecular weight excluding hydrogens is 482 g/mol. The van der Waals surface area contributed by atoms with Crippen LogP contribution in [0.25, 0.3) is 0 Å². The predicted octanol–water partition coefficient (Wildman–Crippen LogP) is -2.55. The highest BCUT2D eigenvalue weighted by Gasteiger charge is 2.40. The molecule has 0 spiro atoms. The van der Waals surface area contributed by atoms with Crippen molar-refractivity contribution in [3.63, 3.8) is 0 Å². The number of rotatable bonds is 14. The lowest BCUT2D eigenvalue weighted by Gasteiger charge is -2.23. The van der Waals surface area contributed by atoms with Gasteiger partial charge >= 0.3 is 35.8 Å². The van der Waals surface area contributed by atoms with Gasteiger partial charge in [0.15, 0.2) is 5.60 Å². The van der Waals surface area contributed by atoms with Gasteiger partial charge in [-0.2, -0.15) is 0 Å². The maximum Gasteiger partial charge on any atom is 0.336 e. The number of carbonyl (C=O) groups is 7. The molecular formula is C19H31NO15. The molecule has 0 bridgehead atoms. The minimum atomic E-state index is -2.74. The number of quaternary nitrogens is 1. The van der Waals surface area contributed by atoms with Crippen LogP contribution in [0.5, 0.6) is 0 Å². The maximum atomic E-state index is 10.9. The van der Waals surface area contributed by atoms with Crippen LogP contribution < -0.4 is 5.11 Å². The van der Waals surface area contributed by atoms with Crippen LogP contribution in [0.3, 0.4) is 0 Å². The van der Waals surface area contributed by atoms with E-state index in [1.807, 2.05) is 21.1 Å². The summed E-state index contributed by atoms with van der Waals surface area (Å²) < 4.78 is 5.52. The molecule has 35 heavy (non-hydrogen) atoms. The summed E-state index contributed by atoms with van der Waals surface area (Å²) in [6.07, 6.45) is -3.27. The van der Waals surface area contributed by atoms with Crippen LogP contribution >= 0.6 is 0 Å². The molecule has 0 aromatic heterocycles. The van der Waals surface area contributed by atoms with E-state index in [0.29, 0.717) is 17.6 Å². The molecule has 0 rings (SSSR count). The molecule has 0 aromatic rings. The van der Waals surface area contributed by atoms with E-state index in [-0.39, 0.29) is 25.7 Å². The number of ether oxygens (including phenoxy) is 1. The summed E-state index contributed by atoms with van der Waals surface area (Å²) in [4.78, 5) is 70.7. The first kappa shape index (κ1) is 35.8. The molecule has 0 amide bonds. The molecule has 0 aromatic carbocycles. The number of likely N-dealkylation sites (N-methyl/N-ethyl adjacent to an activating group) is 1. The van der Waals surface area contributed by atoms with Gasteiger partial charge in [0.05, 0.1) is 53.2 Å². The van der Waals surface area contributed by atoms with Crippen LogP contribution in [-0.2, 0) is 38.3 Å². The summed E-state index contributed by atoms with van der Waals surface area (Å²) in [7, 11) is 5.94. The first-order chi connectivity index (χ1) is 15.7. The minimum absolute atomic E-state index is 0.112. The van der Waals surface area contributed by atoms with Crippen molar-refractivity contribution in [1.29, 1.82) is 0 Å². The van der Waals surface area contributed by atoms with Crippen LogP contribution in [0.15, 0.2) is 0 Å². The van der Waals surface area contributed by atoms with Gasteiger partial charge < -0.3 is 49.8 Å². The van der Waals surface area contributed by atoms with Crippen molar-refractivity contribution in [3.8, 4) is 0 Å². The summed E-state index contributed by atoms with van der Waals surface area (Å²) in [6, 6.07) is 0. The Kier molecular flexibility index (Phi) is 18.1. The number of carbonyl (C=O) groups excluding carboxylic acids is 2. The molecule has 0 aliphatic rings. The van der Waals surface area contributed by atoms with Crippen LogP contribution in [0, 0.1) is 0 Å². The summed E-state index contributed by atoms with van der Waals surface area (Å²) in [5.41, 5.74) is -2.74. The van der Waals surface area contributed by atoms with Gasteiger partial charge in [0.25, 0.3) is 0 Å². The third-order valence-corrected chi connectivity index (χ3v) is 3.40. The van der Waals surface area contributed by atoms with Crippen molar-refractivity contribution in [3.05, 3.63) is 0 Å². The number of carboxylic acids is 6. The number of hydrogen-bond acceptors (Lipinski definition) is 10. The van der Waals surface area contributed by atoms with Crippen LogP contribution in [-0.4, -0.2) is 117 Å². The second-order valence-electron chi connectivity index (χ2n) is 7.87. The van der Waals surface area contributed by atoms with Gasteiger partial charge in [-0.15, -0.1) is 0 Å². The Hall–Kier alpha value is -3.79. The summed E-state index contributed by atoms with van der Waals surface area (Å²) in [5, 5.41) is 59.6. The Morgan fingerprint density at radius 2 is 1.11 bits per heavy atom. The fraction of sp³-hybridized carbons (Fsp3) is 0.632. The Labute approximate surface area is 199 Å². The highest BCUT2D eigenvalue weighted by molar-refractivity contribution is 5.88. The minimum Gasteiger partial charge on any atom is -0.550 e. The summed E-state index contributed by atoms with van der Waals surface area (Å²) in [5.74, 6) is -8.88. The molecule has 0 fully saturated rings. The Morgan fingerprint density at radius 1 is 0.714 bits per heavy atom. The topological polar surface area (TPSA) is 273 Å². The SMILES string of the molecule is C[N+](C)(C)CCOC(=O)CCC(=O)[O-].O=C(O)CC(O)(CC(=O)O)C(=O)O.O=C(O)CCC(=O)O. The number of nitrogens with zero attached hydrogens (tertiary/aromatic N) is 1. The lowest BCUT2D eigenvalue weighted by molar-refractivity contribution is -0.870. The Balaban J connectivity index is -0.000000456. The number of esters is 1. The molecule has 202 valence electrons. The lowest BCUT2D eigenvalue weighted by Crippen LogP contribution is -2.42. The van der Waals surface area contributed by atoms with Crippen molar-refractivity contribution in [2.75, 3.05) is 34.3 Å². The highest BCUT2D eigenvalue weighted by atomic mass is 16.5. The van der Waals surface area contributed by atoms with E-state index < -0.39 is 60.2 Å². The van der Waals surface area contributed by atoms with Crippen molar-refractivity contribution in [1.82, 2.24) is 0 Å². The monoisotopic (exact) mass is 513 g/mol. The van der Waals surface area contributed by atoms with E-state index in [0.717, 1.165) is 0 Å². The second-order valence-corrected chi connectivity index (χ2v) is 7.87. The third kappa shape index (κ3) is 28.2. The lowest BCUT2D eigenvalue weighted by atomic mass is 9.96. The average Bonchev–Trinajstić information content (AvgIpc) is 2.63. The van der Waals surface area contributed by atoms with Crippen molar-refractivity contribution in [2.45, 2.75) is 44.1 Å². The standard InChI is InChI=1S/C9H17NO4.C6H8O7.C4H6O4/c1-10(2,3)6-7-14-9(13)5-4-8(11)12;7-3(8)1-6(13,5(11)12)2-4(9)10;5-3(6)1-2-4(7)8/h4-7H2,1-3H3;13H,1-2H2,(H,7,8)(H,9,10)(H,11,12);1-2H2,(H,5,6)(H,7,8). The Morgan fingerprint density at radius 3 is 1.37 bits per heavy atom. The zero-order valence-corrected chi connectivity index (χ0v) is 19.5. The fourth-order valence-electron chi connectivity index (χ4n) is 1.64. The molecule has 16 heteroatoms. The third-order valence-electron chi connectivity index (χ3n) is 3.40. The average molecular weight is 513 g/mol. The zero-order chi connectivity index (χ0) is 28.4. The fourth-order valence-corrected chi connectivity index (χ4v) is 1.64. The molecule has 0 radical (unpaired) electrons. The first-order valence-corrected chi connectivity index (χ1v) is 9.70. The Bertz CT molecular complexity index is 724. The molecule has 6 N–H and O–H groups in total. The molecule has 0 saturated heterocycles. The second kappa shape index (κ2) is 17.7. The number of aliphatic hydroxyl groups is 1.